The molecule has 0 fully saturated rings. The summed E-state index contributed by atoms with van der Waals surface area (Å²) < 4.78 is 25.6. The average molecular weight is 351 g/mol. The molecule has 0 aromatic rings. The van der Waals surface area contributed by atoms with Gasteiger partial charge in [0.2, 0.25) is 15.9 Å². The summed E-state index contributed by atoms with van der Waals surface area (Å²) in [7, 11) is -1.60. The summed E-state index contributed by atoms with van der Waals surface area (Å²) in [6.07, 6.45) is 2.87. The van der Waals surface area contributed by atoms with Crippen LogP contribution < -0.4 is 4.72 Å². The third-order valence-electron chi connectivity index (χ3n) is 3.59. The van der Waals surface area contributed by atoms with Crippen LogP contribution in [0.1, 0.15) is 54.8 Å². The monoisotopic (exact) mass is 350 g/mol. The summed E-state index contributed by atoms with van der Waals surface area (Å²) >= 11 is 0. The number of nitrogens with one attached hydrogen (secondary N) is 1. The van der Waals surface area contributed by atoms with E-state index in [4.69, 9.17) is 0 Å². The molecule has 0 aliphatic heterocycles. The van der Waals surface area contributed by atoms with Crippen LogP contribution in [-0.2, 0) is 19.6 Å². The first-order valence-electron chi connectivity index (χ1n) is 8.30. The van der Waals surface area contributed by atoms with Crippen molar-refractivity contribution in [2.45, 2.75) is 53.4 Å². The Kier molecular flexibility index (Phi) is 10.3. The maximum Gasteiger partial charge on any atom is 0.235 e. The van der Waals surface area contributed by atoms with Gasteiger partial charge in [-0.2, -0.15) is 0 Å². The lowest BCUT2D eigenvalue weighted by Gasteiger charge is -2.16. The lowest BCUT2D eigenvalue weighted by atomic mass is 10.0. The Labute approximate surface area is 142 Å². The highest BCUT2D eigenvalue weighted by Gasteiger charge is 2.16. The van der Waals surface area contributed by atoms with Crippen LogP contribution in [0.4, 0.5) is 0 Å². The zero-order valence-corrected chi connectivity index (χ0v) is 15.9. The van der Waals surface area contributed by atoms with Gasteiger partial charge in [0, 0.05) is 19.7 Å². The summed E-state index contributed by atoms with van der Waals surface area (Å²) in [6, 6.07) is 0. The summed E-state index contributed by atoms with van der Waals surface area (Å²) in [5, 5.41) is 0. The molecule has 0 atom stereocenters. The van der Waals surface area contributed by atoms with Crippen LogP contribution in [0.15, 0.2) is 0 Å². The second-order valence-electron chi connectivity index (χ2n) is 6.67. The SMILES string of the molecule is CC(C)C(=O)CCCCN(C)CCCS(=O)(=O)NC(=O)C(C)C.[HH]. The van der Waals surface area contributed by atoms with Crippen molar-refractivity contribution in [3.05, 3.63) is 0 Å². The summed E-state index contributed by atoms with van der Waals surface area (Å²) in [5.41, 5.74) is 0. The highest BCUT2D eigenvalue weighted by Crippen LogP contribution is 2.05. The van der Waals surface area contributed by atoms with Gasteiger partial charge in [0.1, 0.15) is 5.78 Å². The van der Waals surface area contributed by atoms with E-state index in [2.05, 4.69) is 9.62 Å². The molecule has 0 heterocycles. The number of carbonyl (C=O) groups is 2. The highest BCUT2D eigenvalue weighted by atomic mass is 32.2. The molecule has 0 rings (SSSR count). The fourth-order valence-corrected chi connectivity index (χ4v) is 3.08. The molecule has 1 N–H and O–H groups in total. The van der Waals surface area contributed by atoms with Crippen LogP contribution in [-0.4, -0.2) is 50.9 Å². The molecule has 0 aliphatic rings. The van der Waals surface area contributed by atoms with E-state index in [-0.39, 0.29) is 19.0 Å². The van der Waals surface area contributed by atoms with E-state index in [1.165, 1.54) is 0 Å². The van der Waals surface area contributed by atoms with E-state index >= 15 is 0 Å². The third-order valence-corrected chi connectivity index (χ3v) is 4.93. The molecule has 0 saturated heterocycles. The van der Waals surface area contributed by atoms with Crippen LogP contribution in [0.25, 0.3) is 0 Å². The zero-order valence-electron chi connectivity index (χ0n) is 15.1. The van der Waals surface area contributed by atoms with Crippen molar-refractivity contribution in [2.75, 3.05) is 25.9 Å². The van der Waals surface area contributed by atoms with Crippen molar-refractivity contribution < 1.29 is 19.4 Å². The fraction of sp³-hybridized carbons (Fsp3) is 0.875. The number of amides is 1. The van der Waals surface area contributed by atoms with Gasteiger partial charge in [0.05, 0.1) is 5.75 Å². The van der Waals surface area contributed by atoms with Gasteiger partial charge in [0.15, 0.2) is 0 Å². The minimum atomic E-state index is -3.54. The first-order valence-corrected chi connectivity index (χ1v) is 9.96. The van der Waals surface area contributed by atoms with Crippen molar-refractivity contribution >= 4 is 21.7 Å². The molecule has 23 heavy (non-hydrogen) atoms. The molecule has 7 heteroatoms. The fourth-order valence-electron chi connectivity index (χ4n) is 1.93. The number of unbranched alkanes of at least 4 members (excludes halogenated alkanes) is 1. The number of carbonyl (C=O) groups excluding carboxylic acids is 2. The maximum absolute atomic E-state index is 11.7. The first-order chi connectivity index (χ1) is 10.5. The van der Waals surface area contributed by atoms with E-state index in [1.54, 1.807) is 13.8 Å². The number of sulfonamides is 1. The Morgan fingerprint density at radius 2 is 1.57 bits per heavy atom. The standard InChI is InChI=1S/C16H32N2O4S.H2/c1-13(2)15(19)9-6-7-10-18(5)11-8-12-23(21,22)17-16(20)14(3)4;/h13-14H,6-12H2,1-5H3,(H,17,20);1H. The molecule has 0 aromatic carbocycles. The van der Waals surface area contributed by atoms with Gasteiger partial charge in [-0.25, -0.2) is 8.42 Å². The molecule has 0 radical (unpaired) electrons. The normalized spacial score (nSPS) is 12.2. The first kappa shape index (κ1) is 22.1. The molecule has 1 amide bonds. The molecule has 0 aromatic heterocycles. The van der Waals surface area contributed by atoms with E-state index < -0.39 is 15.9 Å². The molecular formula is C16H34N2O4S. The predicted octanol–water partition coefficient (Wildman–Crippen LogP) is 2.05. The van der Waals surface area contributed by atoms with Gasteiger partial charge >= 0.3 is 0 Å². The molecule has 138 valence electrons. The van der Waals surface area contributed by atoms with Gasteiger partial charge in [0.25, 0.3) is 0 Å². The quantitative estimate of drug-likeness (QED) is 0.545. The van der Waals surface area contributed by atoms with Crippen LogP contribution in [0.3, 0.4) is 0 Å². The summed E-state index contributed by atoms with van der Waals surface area (Å²) in [5.74, 6) is -0.477. The van der Waals surface area contributed by atoms with Crippen molar-refractivity contribution in [1.82, 2.24) is 9.62 Å². The molecule has 0 aliphatic carbocycles. The second kappa shape index (κ2) is 10.8. The van der Waals surface area contributed by atoms with E-state index in [9.17, 15) is 18.0 Å². The van der Waals surface area contributed by atoms with Crippen LogP contribution >= 0.6 is 0 Å². The summed E-state index contributed by atoms with van der Waals surface area (Å²) in [4.78, 5) is 25.0. The van der Waals surface area contributed by atoms with Crippen molar-refractivity contribution in [1.29, 1.82) is 0 Å². The Morgan fingerprint density at radius 1 is 1.00 bits per heavy atom. The number of rotatable bonds is 12. The van der Waals surface area contributed by atoms with Crippen LogP contribution in [0, 0.1) is 11.8 Å². The van der Waals surface area contributed by atoms with Crippen LogP contribution in [0.2, 0.25) is 0 Å². The smallest absolute Gasteiger partial charge is 0.235 e. The summed E-state index contributed by atoms with van der Waals surface area (Å²) in [6.45, 7) is 8.62. The van der Waals surface area contributed by atoms with Gasteiger partial charge in [-0.15, -0.1) is 0 Å². The molecule has 0 spiro atoms. The predicted molar refractivity (Wildman–Crippen MR) is 94.7 cm³/mol. The second-order valence-corrected chi connectivity index (χ2v) is 8.52. The van der Waals surface area contributed by atoms with Crippen molar-refractivity contribution in [3.8, 4) is 0 Å². The van der Waals surface area contributed by atoms with Crippen molar-refractivity contribution in [2.24, 2.45) is 11.8 Å². The van der Waals surface area contributed by atoms with Crippen LogP contribution in [0.5, 0.6) is 0 Å². The topological polar surface area (TPSA) is 83.6 Å². The van der Waals surface area contributed by atoms with E-state index in [1.807, 2.05) is 20.9 Å². The zero-order chi connectivity index (χ0) is 18.0. The Balaban J connectivity index is 0. The number of hydrogen-bond acceptors (Lipinski definition) is 5. The lowest BCUT2D eigenvalue weighted by Crippen LogP contribution is -2.36. The molecule has 6 nitrogen and oxygen atoms in total. The third kappa shape index (κ3) is 11.3. The molecule has 0 saturated carbocycles. The van der Waals surface area contributed by atoms with Gasteiger partial charge in [-0.05, 0) is 39.4 Å². The molecular weight excluding hydrogens is 316 g/mol. The van der Waals surface area contributed by atoms with Gasteiger partial charge in [-0.3, -0.25) is 14.3 Å². The molecule has 0 bridgehead atoms. The minimum absolute atomic E-state index is 0. The molecule has 0 unspecified atom stereocenters. The van der Waals surface area contributed by atoms with Crippen molar-refractivity contribution in [3.63, 3.8) is 0 Å². The Hall–Kier alpha value is -0.950. The van der Waals surface area contributed by atoms with E-state index in [0.29, 0.717) is 25.2 Å². The number of ketones is 1. The Bertz CT molecular complexity index is 478. The van der Waals surface area contributed by atoms with Gasteiger partial charge in [-0.1, -0.05) is 27.7 Å². The lowest BCUT2D eigenvalue weighted by molar-refractivity contribution is -0.122. The minimum Gasteiger partial charge on any atom is -0.306 e. The largest absolute Gasteiger partial charge is 0.306 e. The average Bonchev–Trinajstić information content (AvgIpc) is 2.42. The highest BCUT2D eigenvalue weighted by molar-refractivity contribution is 7.90. The number of Topliss-reactive ketones (excluding diaryl/α,β-unsaturated/α-hetero) is 1. The number of hydrogen-bond donors (Lipinski definition) is 1. The van der Waals surface area contributed by atoms with E-state index in [0.717, 1.165) is 19.4 Å². The van der Waals surface area contributed by atoms with Gasteiger partial charge < -0.3 is 4.90 Å². The number of nitrogens with zero attached hydrogens (tertiary/aromatic N) is 1. The Morgan fingerprint density at radius 3 is 2.09 bits per heavy atom. The maximum atomic E-state index is 11.7.